The van der Waals surface area contributed by atoms with Gasteiger partial charge in [0.25, 0.3) is 0 Å². The fourth-order valence-electron chi connectivity index (χ4n) is 1.60. The number of aliphatic carboxylic acids is 1. The van der Waals surface area contributed by atoms with Crippen molar-refractivity contribution in [1.82, 2.24) is 10.3 Å². The molecule has 0 saturated heterocycles. The quantitative estimate of drug-likeness (QED) is 0.800. The second kappa shape index (κ2) is 5.66. The molecule has 0 saturated carbocycles. The SMILES string of the molecule is CC(CC(=O)O)NC(=O)Nc1nc2ccccc2s1. The summed E-state index contributed by atoms with van der Waals surface area (Å²) in [6, 6.07) is 6.67. The summed E-state index contributed by atoms with van der Waals surface area (Å²) >= 11 is 1.37. The van der Waals surface area contributed by atoms with Crippen molar-refractivity contribution in [2.75, 3.05) is 5.32 Å². The van der Waals surface area contributed by atoms with Crippen molar-refractivity contribution in [3.63, 3.8) is 0 Å². The molecule has 0 aliphatic rings. The zero-order valence-electron chi connectivity index (χ0n) is 10.2. The molecule has 0 bridgehead atoms. The number of hydrogen-bond donors (Lipinski definition) is 3. The molecule has 0 aliphatic carbocycles. The molecule has 19 heavy (non-hydrogen) atoms. The molecule has 0 fully saturated rings. The minimum Gasteiger partial charge on any atom is -0.481 e. The lowest BCUT2D eigenvalue weighted by atomic mass is 10.2. The van der Waals surface area contributed by atoms with Gasteiger partial charge in [-0.25, -0.2) is 9.78 Å². The Hall–Kier alpha value is -2.15. The molecule has 100 valence electrons. The Balaban J connectivity index is 1.96. The van der Waals surface area contributed by atoms with Crippen molar-refractivity contribution in [2.45, 2.75) is 19.4 Å². The molecule has 2 aromatic rings. The highest BCUT2D eigenvalue weighted by molar-refractivity contribution is 7.22. The van der Waals surface area contributed by atoms with Crippen molar-refractivity contribution < 1.29 is 14.7 Å². The Kier molecular flexibility index (Phi) is 3.96. The Labute approximate surface area is 113 Å². The third-order valence-electron chi connectivity index (χ3n) is 2.37. The molecule has 2 rings (SSSR count). The first kappa shape index (κ1) is 13.3. The van der Waals surface area contributed by atoms with Gasteiger partial charge in [0.1, 0.15) is 0 Å². The van der Waals surface area contributed by atoms with Crippen LogP contribution in [0.15, 0.2) is 24.3 Å². The van der Waals surface area contributed by atoms with Crippen molar-refractivity contribution in [3.05, 3.63) is 24.3 Å². The topological polar surface area (TPSA) is 91.3 Å². The van der Waals surface area contributed by atoms with Gasteiger partial charge in [-0.3, -0.25) is 10.1 Å². The molecule has 0 spiro atoms. The zero-order valence-corrected chi connectivity index (χ0v) is 11.0. The molecule has 0 radical (unpaired) electrons. The van der Waals surface area contributed by atoms with Gasteiger partial charge in [0.05, 0.1) is 16.6 Å². The number of carboxylic acid groups (broad SMARTS) is 1. The lowest BCUT2D eigenvalue weighted by Gasteiger charge is -2.10. The molecule has 7 heteroatoms. The second-order valence-electron chi connectivity index (χ2n) is 4.08. The number of nitrogens with zero attached hydrogens (tertiary/aromatic N) is 1. The van der Waals surface area contributed by atoms with E-state index < -0.39 is 18.0 Å². The molecule has 1 atom stereocenters. The van der Waals surface area contributed by atoms with Crippen LogP contribution in [0, 0.1) is 0 Å². The number of carbonyl (C=O) groups excluding carboxylic acids is 1. The van der Waals surface area contributed by atoms with Crippen LogP contribution < -0.4 is 10.6 Å². The van der Waals surface area contributed by atoms with Crippen molar-refractivity contribution in [1.29, 1.82) is 0 Å². The molecular weight excluding hydrogens is 266 g/mol. The zero-order chi connectivity index (χ0) is 13.8. The number of amides is 2. The molecule has 1 aromatic carbocycles. The summed E-state index contributed by atoms with van der Waals surface area (Å²) in [5.41, 5.74) is 0.821. The number of hydrogen-bond acceptors (Lipinski definition) is 4. The van der Waals surface area contributed by atoms with Gasteiger partial charge in [-0.1, -0.05) is 23.5 Å². The van der Waals surface area contributed by atoms with E-state index in [-0.39, 0.29) is 6.42 Å². The maximum absolute atomic E-state index is 11.6. The third kappa shape index (κ3) is 3.65. The van der Waals surface area contributed by atoms with E-state index in [9.17, 15) is 9.59 Å². The van der Waals surface area contributed by atoms with Crippen LogP contribution in [0.3, 0.4) is 0 Å². The molecule has 1 aromatic heterocycles. The van der Waals surface area contributed by atoms with E-state index in [1.807, 2.05) is 24.3 Å². The summed E-state index contributed by atoms with van der Waals surface area (Å²) in [4.78, 5) is 26.4. The van der Waals surface area contributed by atoms with Crippen molar-refractivity contribution in [3.8, 4) is 0 Å². The Morgan fingerprint density at radius 1 is 1.42 bits per heavy atom. The van der Waals surface area contributed by atoms with Gasteiger partial charge in [-0.2, -0.15) is 0 Å². The molecule has 3 N–H and O–H groups in total. The first-order valence-electron chi connectivity index (χ1n) is 5.69. The Morgan fingerprint density at radius 3 is 2.84 bits per heavy atom. The van der Waals surface area contributed by atoms with Crippen LogP contribution >= 0.6 is 11.3 Å². The van der Waals surface area contributed by atoms with Crippen molar-refractivity contribution in [2.24, 2.45) is 0 Å². The van der Waals surface area contributed by atoms with Crippen LogP contribution in [-0.4, -0.2) is 28.1 Å². The summed E-state index contributed by atoms with van der Waals surface area (Å²) in [7, 11) is 0. The third-order valence-corrected chi connectivity index (χ3v) is 3.32. The number of urea groups is 1. The molecule has 0 aliphatic heterocycles. The first-order chi connectivity index (χ1) is 9.04. The van der Waals surface area contributed by atoms with Gasteiger partial charge in [-0.05, 0) is 19.1 Å². The standard InChI is InChI=1S/C12H13N3O3S/c1-7(6-10(16)17)13-11(18)15-12-14-8-4-2-3-5-9(8)19-12/h2-5,7H,6H2,1H3,(H,16,17)(H2,13,14,15,18). The fourth-order valence-corrected chi connectivity index (χ4v) is 2.46. The number of benzene rings is 1. The van der Waals surface area contributed by atoms with E-state index in [4.69, 9.17) is 5.11 Å². The number of thiazole rings is 1. The summed E-state index contributed by atoms with van der Waals surface area (Å²) in [5.74, 6) is -0.951. The maximum Gasteiger partial charge on any atom is 0.321 e. The average molecular weight is 279 g/mol. The summed E-state index contributed by atoms with van der Waals surface area (Å²) in [6.07, 6.45) is -0.118. The van der Waals surface area contributed by atoms with Crippen LogP contribution in [-0.2, 0) is 4.79 Å². The Morgan fingerprint density at radius 2 is 2.16 bits per heavy atom. The number of nitrogens with one attached hydrogen (secondary N) is 2. The minimum absolute atomic E-state index is 0.118. The van der Waals surface area contributed by atoms with Crippen molar-refractivity contribution >= 4 is 38.7 Å². The predicted octanol–water partition coefficient (Wildman–Crippen LogP) is 2.28. The van der Waals surface area contributed by atoms with Gasteiger partial charge in [-0.15, -0.1) is 0 Å². The van der Waals surface area contributed by atoms with Gasteiger partial charge >= 0.3 is 12.0 Å². The van der Waals surface area contributed by atoms with E-state index in [0.29, 0.717) is 5.13 Å². The number of para-hydroxylation sites is 1. The van der Waals surface area contributed by atoms with E-state index >= 15 is 0 Å². The van der Waals surface area contributed by atoms with Gasteiger partial charge in [0, 0.05) is 6.04 Å². The summed E-state index contributed by atoms with van der Waals surface area (Å²) in [6.45, 7) is 1.63. The van der Waals surface area contributed by atoms with E-state index in [0.717, 1.165) is 10.2 Å². The molecular formula is C12H13N3O3S. The van der Waals surface area contributed by atoms with E-state index in [2.05, 4.69) is 15.6 Å². The van der Waals surface area contributed by atoms with Crippen LogP contribution in [0.1, 0.15) is 13.3 Å². The number of fused-ring (bicyclic) bond motifs is 1. The minimum atomic E-state index is -0.951. The first-order valence-corrected chi connectivity index (χ1v) is 6.51. The molecule has 1 unspecified atom stereocenters. The van der Waals surface area contributed by atoms with Crippen LogP contribution in [0.5, 0.6) is 0 Å². The lowest BCUT2D eigenvalue weighted by molar-refractivity contribution is -0.137. The molecule has 1 heterocycles. The van der Waals surface area contributed by atoms with Crippen LogP contribution in [0.25, 0.3) is 10.2 Å². The summed E-state index contributed by atoms with van der Waals surface area (Å²) in [5, 5.41) is 14.2. The number of anilines is 1. The summed E-state index contributed by atoms with van der Waals surface area (Å²) < 4.78 is 0.983. The highest BCUT2D eigenvalue weighted by atomic mass is 32.1. The average Bonchev–Trinajstić information content (AvgIpc) is 2.68. The Bertz CT molecular complexity index is 578. The highest BCUT2D eigenvalue weighted by Gasteiger charge is 2.12. The smallest absolute Gasteiger partial charge is 0.321 e. The normalized spacial score (nSPS) is 12.1. The second-order valence-corrected chi connectivity index (χ2v) is 5.11. The lowest BCUT2D eigenvalue weighted by Crippen LogP contribution is -2.37. The largest absolute Gasteiger partial charge is 0.481 e. The van der Waals surface area contributed by atoms with Gasteiger partial charge in [0.15, 0.2) is 5.13 Å². The number of aromatic nitrogens is 1. The highest BCUT2D eigenvalue weighted by Crippen LogP contribution is 2.25. The van der Waals surface area contributed by atoms with E-state index in [1.165, 1.54) is 11.3 Å². The number of carboxylic acids is 1. The fraction of sp³-hybridized carbons (Fsp3) is 0.250. The number of rotatable bonds is 4. The molecule has 6 nitrogen and oxygen atoms in total. The molecule has 2 amide bonds. The predicted molar refractivity (Wildman–Crippen MR) is 73.5 cm³/mol. The van der Waals surface area contributed by atoms with E-state index in [1.54, 1.807) is 6.92 Å². The maximum atomic E-state index is 11.6. The van der Waals surface area contributed by atoms with Crippen LogP contribution in [0.2, 0.25) is 0 Å². The van der Waals surface area contributed by atoms with Gasteiger partial charge < -0.3 is 10.4 Å². The monoisotopic (exact) mass is 279 g/mol. The van der Waals surface area contributed by atoms with Crippen LogP contribution in [0.4, 0.5) is 9.93 Å². The number of carbonyl (C=O) groups is 2. The van der Waals surface area contributed by atoms with Gasteiger partial charge in [0.2, 0.25) is 0 Å².